The number of carbonyl (C=O) groups is 1. The van der Waals surface area contributed by atoms with Crippen molar-refractivity contribution in [1.29, 1.82) is 0 Å². The highest BCUT2D eigenvalue weighted by molar-refractivity contribution is 6.02. The van der Waals surface area contributed by atoms with E-state index in [0.29, 0.717) is 18.0 Å². The minimum atomic E-state index is -0.464. The Morgan fingerprint density at radius 3 is 2.88 bits per heavy atom. The highest BCUT2D eigenvalue weighted by atomic mass is 16.3. The molecule has 0 unspecified atom stereocenters. The van der Waals surface area contributed by atoms with E-state index in [0.717, 1.165) is 37.5 Å². The van der Waals surface area contributed by atoms with Crippen LogP contribution in [0.15, 0.2) is 30.5 Å². The lowest BCUT2D eigenvalue weighted by molar-refractivity contribution is -0.0261. The predicted octanol–water partition coefficient (Wildman–Crippen LogP) is 2.71. The van der Waals surface area contributed by atoms with E-state index in [1.165, 1.54) is 0 Å². The third kappa shape index (κ3) is 2.44. The van der Waals surface area contributed by atoms with E-state index in [-0.39, 0.29) is 23.3 Å². The van der Waals surface area contributed by atoms with Gasteiger partial charge in [-0.25, -0.2) is 0 Å². The summed E-state index contributed by atoms with van der Waals surface area (Å²) in [5.41, 5.74) is 0.723. The number of amides is 1. The maximum Gasteiger partial charge on any atom is 0.258 e. The fraction of sp³-hybridized carbons (Fsp3) is 0.474. The zero-order valence-corrected chi connectivity index (χ0v) is 13.6. The summed E-state index contributed by atoms with van der Waals surface area (Å²) in [6, 6.07) is 7.02. The number of aliphatic hydroxyl groups is 1. The second-order valence-electron chi connectivity index (χ2n) is 6.93. The maximum atomic E-state index is 13.1. The fourth-order valence-electron chi connectivity index (χ4n) is 4.39. The van der Waals surface area contributed by atoms with Crippen molar-refractivity contribution >= 4 is 16.8 Å². The van der Waals surface area contributed by atoms with E-state index in [1.807, 2.05) is 12.1 Å². The predicted molar refractivity (Wildman–Crippen MR) is 90.8 cm³/mol. The summed E-state index contributed by atoms with van der Waals surface area (Å²) in [5, 5.41) is 21.8. The molecular formula is C19H22N2O3. The monoisotopic (exact) mass is 326 g/mol. The van der Waals surface area contributed by atoms with Crippen molar-refractivity contribution in [3.63, 3.8) is 0 Å². The molecule has 4 rings (SSSR count). The molecular weight excluding hydrogens is 304 g/mol. The number of nitrogens with zero attached hydrogens (tertiary/aromatic N) is 2. The molecule has 1 aromatic heterocycles. The summed E-state index contributed by atoms with van der Waals surface area (Å²) in [5.74, 6) is 0.105. The SMILES string of the molecule is O=C(c1ccc2cccnc2c1O)N1CCC[C@@H]2CCC[C@H](O)[C@@H]21. The van der Waals surface area contributed by atoms with Crippen molar-refractivity contribution < 1.29 is 15.0 Å². The molecule has 2 fully saturated rings. The summed E-state index contributed by atoms with van der Waals surface area (Å²) in [7, 11) is 0. The van der Waals surface area contributed by atoms with Crippen LogP contribution in [0.1, 0.15) is 42.5 Å². The van der Waals surface area contributed by atoms with Crippen molar-refractivity contribution in [2.24, 2.45) is 5.92 Å². The van der Waals surface area contributed by atoms with E-state index >= 15 is 0 Å². The lowest BCUT2D eigenvalue weighted by Gasteiger charge is -2.46. The molecule has 2 aromatic rings. The molecule has 1 aliphatic carbocycles. The number of rotatable bonds is 1. The molecule has 0 radical (unpaired) electrons. The van der Waals surface area contributed by atoms with Gasteiger partial charge < -0.3 is 15.1 Å². The van der Waals surface area contributed by atoms with E-state index in [4.69, 9.17) is 0 Å². The van der Waals surface area contributed by atoms with Crippen LogP contribution in [0.25, 0.3) is 10.9 Å². The summed E-state index contributed by atoms with van der Waals surface area (Å²) in [6.45, 7) is 0.636. The average Bonchev–Trinajstić information content (AvgIpc) is 2.61. The highest BCUT2D eigenvalue weighted by Gasteiger charge is 2.41. The van der Waals surface area contributed by atoms with Gasteiger partial charge in [0.15, 0.2) is 5.75 Å². The number of aromatic nitrogens is 1. The Morgan fingerprint density at radius 2 is 2.00 bits per heavy atom. The van der Waals surface area contributed by atoms with Gasteiger partial charge in [0, 0.05) is 18.1 Å². The normalized spacial score (nSPS) is 27.0. The molecule has 2 aliphatic rings. The van der Waals surface area contributed by atoms with Crippen LogP contribution < -0.4 is 0 Å². The average molecular weight is 326 g/mol. The van der Waals surface area contributed by atoms with Crippen LogP contribution in [-0.2, 0) is 0 Å². The van der Waals surface area contributed by atoms with Gasteiger partial charge in [-0.15, -0.1) is 0 Å². The largest absolute Gasteiger partial charge is 0.505 e. The van der Waals surface area contributed by atoms with Crippen LogP contribution in [0.2, 0.25) is 0 Å². The lowest BCUT2D eigenvalue weighted by atomic mass is 9.76. The number of phenolic OH excluding ortho intramolecular Hbond substituents is 1. The fourth-order valence-corrected chi connectivity index (χ4v) is 4.39. The Hall–Kier alpha value is -2.14. The van der Waals surface area contributed by atoms with Crippen LogP contribution in [-0.4, -0.2) is 44.7 Å². The second kappa shape index (κ2) is 6.06. The van der Waals surface area contributed by atoms with Gasteiger partial charge in [-0.2, -0.15) is 0 Å². The van der Waals surface area contributed by atoms with Gasteiger partial charge in [0.25, 0.3) is 5.91 Å². The van der Waals surface area contributed by atoms with Crippen LogP contribution in [0, 0.1) is 5.92 Å². The first-order valence-corrected chi connectivity index (χ1v) is 8.72. The first-order valence-electron chi connectivity index (χ1n) is 8.72. The van der Waals surface area contributed by atoms with Gasteiger partial charge in [-0.05, 0) is 43.7 Å². The van der Waals surface area contributed by atoms with Crippen LogP contribution >= 0.6 is 0 Å². The second-order valence-corrected chi connectivity index (χ2v) is 6.93. The molecule has 5 heteroatoms. The van der Waals surface area contributed by atoms with Crippen LogP contribution in [0.3, 0.4) is 0 Å². The third-order valence-corrected chi connectivity index (χ3v) is 5.53. The summed E-state index contributed by atoms with van der Waals surface area (Å²) >= 11 is 0. The Bertz CT molecular complexity index is 774. The smallest absolute Gasteiger partial charge is 0.258 e. The molecule has 5 nitrogen and oxygen atoms in total. The van der Waals surface area contributed by atoms with E-state index in [1.54, 1.807) is 23.2 Å². The van der Waals surface area contributed by atoms with Crippen molar-refractivity contribution in [1.82, 2.24) is 9.88 Å². The Balaban J connectivity index is 1.71. The summed E-state index contributed by atoms with van der Waals surface area (Å²) in [4.78, 5) is 19.1. The molecule has 0 bridgehead atoms. The molecule has 2 N–H and O–H groups in total. The van der Waals surface area contributed by atoms with Crippen LogP contribution in [0.4, 0.5) is 0 Å². The quantitative estimate of drug-likeness (QED) is 0.845. The molecule has 126 valence electrons. The van der Waals surface area contributed by atoms with Crippen molar-refractivity contribution in [2.75, 3.05) is 6.54 Å². The number of likely N-dealkylation sites (tertiary alicyclic amines) is 1. The zero-order valence-electron chi connectivity index (χ0n) is 13.6. The molecule has 1 saturated carbocycles. The molecule has 1 aliphatic heterocycles. The van der Waals surface area contributed by atoms with Gasteiger partial charge in [-0.1, -0.05) is 18.6 Å². The standard InChI is InChI=1S/C19H22N2O3/c22-15-7-1-4-13-6-3-11-21(17(13)15)19(24)14-9-8-12-5-2-10-20-16(12)18(14)23/h2,5,8-10,13,15,17,22-23H,1,3-4,6-7,11H2/t13-,15-,17+/m0/s1. The number of benzene rings is 1. The topological polar surface area (TPSA) is 73.7 Å². The molecule has 1 aromatic carbocycles. The Kier molecular flexibility index (Phi) is 3.88. The first kappa shape index (κ1) is 15.4. The number of aromatic hydroxyl groups is 1. The van der Waals surface area contributed by atoms with Gasteiger partial charge in [0.2, 0.25) is 0 Å². The van der Waals surface area contributed by atoms with Crippen molar-refractivity contribution in [2.45, 2.75) is 44.2 Å². The maximum absolute atomic E-state index is 13.1. The zero-order chi connectivity index (χ0) is 16.7. The molecule has 0 spiro atoms. The summed E-state index contributed by atoms with van der Waals surface area (Å²) in [6.07, 6.45) is 6.00. The van der Waals surface area contributed by atoms with Gasteiger partial charge in [0.05, 0.1) is 17.7 Å². The number of carbonyl (C=O) groups excluding carboxylic acids is 1. The van der Waals surface area contributed by atoms with Gasteiger partial charge in [-0.3, -0.25) is 9.78 Å². The molecule has 3 atom stereocenters. The number of hydrogen-bond acceptors (Lipinski definition) is 4. The van der Waals surface area contributed by atoms with E-state index in [9.17, 15) is 15.0 Å². The van der Waals surface area contributed by atoms with Crippen molar-refractivity contribution in [3.8, 4) is 5.75 Å². The number of hydrogen-bond donors (Lipinski definition) is 2. The number of aliphatic hydroxyl groups excluding tert-OH is 1. The van der Waals surface area contributed by atoms with E-state index in [2.05, 4.69) is 4.98 Å². The Morgan fingerprint density at radius 1 is 1.17 bits per heavy atom. The van der Waals surface area contributed by atoms with Gasteiger partial charge >= 0.3 is 0 Å². The molecule has 24 heavy (non-hydrogen) atoms. The van der Waals surface area contributed by atoms with Gasteiger partial charge in [0.1, 0.15) is 5.52 Å². The number of piperidine rings is 1. The third-order valence-electron chi connectivity index (χ3n) is 5.53. The lowest BCUT2D eigenvalue weighted by Crippen LogP contribution is -2.55. The van der Waals surface area contributed by atoms with Crippen molar-refractivity contribution in [3.05, 3.63) is 36.0 Å². The number of fused-ring (bicyclic) bond motifs is 2. The molecule has 1 saturated heterocycles. The molecule has 1 amide bonds. The van der Waals surface area contributed by atoms with E-state index < -0.39 is 6.10 Å². The first-order chi connectivity index (χ1) is 11.7. The number of pyridine rings is 1. The number of phenols is 1. The minimum Gasteiger partial charge on any atom is -0.505 e. The highest BCUT2D eigenvalue weighted by Crippen LogP contribution is 2.37. The van der Waals surface area contributed by atoms with Crippen LogP contribution in [0.5, 0.6) is 5.75 Å². The molecule has 2 heterocycles. The minimum absolute atomic E-state index is 0.0643. The Labute approximate surface area is 140 Å². The summed E-state index contributed by atoms with van der Waals surface area (Å²) < 4.78 is 0.